The van der Waals surface area contributed by atoms with Crippen molar-refractivity contribution in [1.29, 1.82) is 0 Å². The second-order valence-electron chi connectivity index (χ2n) is 7.47. The summed E-state index contributed by atoms with van der Waals surface area (Å²) >= 11 is 0. The van der Waals surface area contributed by atoms with Crippen LogP contribution in [0.2, 0.25) is 0 Å². The highest BCUT2D eigenvalue weighted by molar-refractivity contribution is 14.0. The number of guanidine groups is 1. The molecule has 172 valence electrons. The van der Waals surface area contributed by atoms with Gasteiger partial charge in [0.25, 0.3) is 5.91 Å². The summed E-state index contributed by atoms with van der Waals surface area (Å²) in [5.41, 5.74) is 1.00. The molecule has 0 radical (unpaired) electrons. The largest absolute Gasteiger partial charge is 0.484 e. The Balaban J connectivity index is 0.00000841. The molecule has 0 fully saturated rings. The number of halogens is 1. The minimum absolute atomic E-state index is 0. The summed E-state index contributed by atoms with van der Waals surface area (Å²) in [6.07, 6.45) is 1.85. The van der Waals surface area contributed by atoms with E-state index >= 15 is 0 Å². The monoisotopic (exact) mass is 534 g/mol. The van der Waals surface area contributed by atoms with E-state index in [1.165, 1.54) is 0 Å². The Bertz CT molecular complexity index is 626. The fourth-order valence-corrected chi connectivity index (χ4v) is 3.04. The van der Waals surface area contributed by atoms with Gasteiger partial charge in [0.1, 0.15) is 5.75 Å². The zero-order valence-corrected chi connectivity index (χ0v) is 21.1. The molecule has 7 nitrogen and oxygen atoms in total. The molecule has 0 spiro atoms. The molecule has 0 saturated carbocycles. The number of hydrogen-bond acceptors (Lipinski definition) is 4. The molecule has 4 N–H and O–H groups in total. The van der Waals surface area contributed by atoms with Crippen molar-refractivity contribution in [2.24, 2.45) is 16.8 Å². The molecule has 0 aliphatic carbocycles. The smallest absolute Gasteiger partial charge is 0.257 e. The van der Waals surface area contributed by atoms with Gasteiger partial charge >= 0.3 is 0 Å². The molecule has 1 aromatic rings. The van der Waals surface area contributed by atoms with Crippen molar-refractivity contribution < 1.29 is 14.6 Å². The summed E-state index contributed by atoms with van der Waals surface area (Å²) in [6.45, 7) is 11.2. The van der Waals surface area contributed by atoms with Crippen LogP contribution in [0.25, 0.3) is 0 Å². The topological polar surface area (TPSA) is 95.0 Å². The van der Waals surface area contributed by atoms with Crippen LogP contribution < -0.4 is 20.7 Å². The Morgan fingerprint density at radius 2 is 1.90 bits per heavy atom. The van der Waals surface area contributed by atoms with E-state index in [1.54, 1.807) is 0 Å². The fourth-order valence-electron chi connectivity index (χ4n) is 3.04. The number of carbonyl (C=O) groups excluding carboxylic acids is 1. The molecule has 1 atom stereocenters. The zero-order chi connectivity index (χ0) is 21.5. The Labute approximate surface area is 198 Å². The molecule has 8 heteroatoms. The van der Waals surface area contributed by atoms with Crippen molar-refractivity contribution in [2.75, 3.05) is 32.8 Å². The maximum absolute atomic E-state index is 11.5. The molecule has 1 aromatic carbocycles. The van der Waals surface area contributed by atoms with E-state index in [0.29, 0.717) is 30.7 Å². The van der Waals surface area contributed by atoms with Crippen molar-refractivity contribution in [3.05, 3.63) is 29.8 Å². The highest BCUT2D eigenvalue weighted by Gasteiger charge is 2.11. The van der Waals surface area contributed by atoms with Crippen molar-refractivity contribution in [3.8, 4) is 5.75 Å². The third-order valence-electron chi connectivity index (χ3n) is 4.31. The molecule has 0 aliphatic rings. The third-order valence-corrected chi connectivity index (χ3v) is 4.31. The fraction of sp³-hybridized carbons (Fsp3) is 0.636. The molecule has 1 unspecified atom stereocenters. The van der Waals surface area contributed by atoms with Gasteiger partial charge in [0.05, 0.1) is 6.54 Å². The van der Waals surface area contributed by atoms with Gasteiger partial charge in [0.2, 0.25) is 0 Å². The summed E-state index contributed by atoms with van der Waals surface area (Å²) in [5.74, 6) is 2.29. The Morgan fingerprint density at radius 1 is 1.17 bits per heavy atom. The number of aliphatic hydroxyl groups excluding tert-OH is 1. The molecule has 30 heavy (non-hydrogen) atoms. The minimum Gasteiger partial charge on any atom is -0.484 e. The number of aliphatic imine (C=N–C) groups is 1. The SMILES string of the molecule is CCNC(=O)COc1cccc(CN=C(NCC)NCC(CCO)CC(C)C)c1.I. The maximum atomic E-state index is 11.5. The van der Waals surface area contributed by atoms with E-state index in [1.807, 2.05) is 38.1 Å². The second-order valence-corrected chi connectivity index (χ2v) is 7.47. The molecule has 0 bridgehead atoms. The number of nitrogens with zero attached hydrogens (tertiary/aromatic N) is 1. The highest BCUT2D eigenvalue weighted by atomic mass is 127. The summed E-state index contributed by atoms with van der Waals surface area (Å²) < 4.78 is 5.54. The lowest BCUT2D eigenvalue weighted by Gasteiger charge is -2.20. The van der Waals surface area contributed by atoms with Crippen LogP contribution in [0.1, 0.15) is 46.1 Å². The van der Waals surface area contributed by atoms with Crippen molar-refractivity contribution >= 4 is 35.8 Å². The van der Waals surface area contributed by atoms with Crippen LogP contribution in [-0.2, 0) is 11.3 Å². The van der Waals surface area contributed by atoms with E-state index in [4.69, 9.17) is 4.74 Å². The third kappa shape index (κ3) is 12.9. The first-order valence-corrected chi connectivity index (χ1v) is 10.6. The number of amides is 1. The number of carbonyl (C=O) groups is 1. The second kappa shape index (κ2) is 17.2. The van der Waals surface area contributed by atoms with Crippen molar-refractivity contribution in [1.82, 2.24) is 16.0 Å². The van der Waals surface area contributed by atoms with Crippen LogP contribution >= 0.6 is 24.0 Å². The van der Waals surface area contributed by atoms with Gasteiger partial charge in [-0.15, -0.1) is 24.0 Å². The number of benzene rings is 1. The first-order valence-electron chi connectivity index (χ1n) is 10.6. The van der Waals surface area contributed by atoms with Gasteiger partial charge in [-0.25, -0.2) is 4.99 Å². The first-order chi connectivity index (χ1) is 14.0. The summed E-state index contributed by atoms with van der Waals surface area (Å²) in [7, 11) is 0. The van der Waals surface area contributed by atoms with E-state index < -0.39 is 0 Å². The van der Waals surface area contributed by atoms with Gasteiger partial charge in [-0.3, -0.25) is 4.79 Å². The molecular formula is C22H39IN4O3. The number of ether oxygens (including phenoxy) is 1. The van der Waals surface area contributed by atoms with E-state index in [-0.39, 0.29) is 43.1 Å². The average molecular weight is 534 g/mol. The summed E-state index contributed by atoms with van der Waals surface area (Å²) in [6, 6.07) is 7.62. The summed E-state index contributed by atoms with van der Waals surface area (Å²) in [5, 5.41) is 18.7. The van der Waals surface area contributed by atoms with Gasteiger partial charge in [-0.1, -0.05) is 26.0 Å². The lowest BCUT2D eigenvalue weighted by Crippen LogP contribution is -2.40. The Kier molecular flexibility index (Phi) is 16.3. The Morgan fingerprint density at radius 3 is 2.53 bits per heavy atom. The van der Waals surface area contributed by atoms with Crippen LogP contribution in [0.5, 0.6) is 5.75 Å². The number of aliphatic hydroxyl groups is 1. The van der Waals surface area contributed by atoms with Crippen LogP contribution in [0, 0.1) is 11.8 Å². The highest BCUT2D eigenvalue weighted by Crippen LogP contribution is 2.15. The summed E-state index contributed by atoms with van der Waals surface area (Å²) in [4.78, 5) is 16.2. The van der Waals surface area contributed by atoms with Crippen LogP contribution in [-0.4, -0.2) is 49.8 Å². The lowest BCUT2D eigenvalue weighted by atomic mass is 9.94. The zero-order valence-electron chi connectivity index (χ0n) is 18.7. The van der Waals surface area contributed by atoms with Gasteiger partial charge in [0, 0.05) is 26.2 Å². The predicted molar refractivity (Wildman–Crippen MR) is 134 cm³/mol. The van der Waals surface area contributed by atoms with Gasteiger partial charge in [0.15, 0.2) is 12.6 Å². The minimum atomic E-state index is -0.131. The quantitative estimate of drug-likeness (QED) is 0.177. The molecule has 1 rings (SSSR count). The molecule has 1 amide bonds. The Hall–Kier alpha value is -1.55. The lowest BCUT2D eigenvalue weighted by molar-refractivity contribution is -0.122. The molecule has 0 aromatic heterocycles. The molecule has 0 heterocycles. The maximum Gasteiger partial charge on any atom is 0.257 e. The molecular weight excluding hydrogens is 495 g/mol. The van der Waals surface area contributed by atoms with Gasteiger partial charge in [-0.2, -0.15) is 0 Å². The van der Waals surface area contributed by atoms with Gasteiger partial charge < -0.3 is 25.8 Å². The van der Waals surface area contributed by atoms with E-state index in [2.05, 4.69) is 34.8 Å². The van der Waals surface area contributed by atoms with E-state index in [0.717, 1.165) is 37.5 Å². The molecule has 0 aliphatic heterocycles. The van der Waals surface area contributed by atoms with E-state index in [9.17, 15) is 9.90 Å². The number of nitrogens with one attached hydrogen (secondary N) is 3. The standard InChI is InChI=1S/C22H38N4O3.HI/c1-5-23-21(28)16-29-20-9-7-8-18(13-20)14-25-22(24-6-2)26-15-19(10-11-27)12-17(3)4;/h7-9,13,17,19,27H,5-6,10-12,14-16H2,1-4H3,(H,23,28)(H2,24,25,26);1H. The van der Waals surface area contributed by atoms with Crippen LogP contribution in [0.4, 0.5) is 0 Å². The predicted octanol–water partition coefficient (Wildman–Crippen LogP) is 2.92. The van der Waals surface area contributed by atoms with Crippen LogP contribution in [0.15, 0.2) is 29.3 Å². The number of rotatable bonds is 13. The average Bonchev–Trinajstić information content (AvgIpc) is 2.68. The number of likely N-dealkylation sites (N-methyl/N-ethyl adjacent to an activating group) is 1. The normalized spacial score (nSPS) is 12.1. The van der Waals surface area contributed by atoms with Crippen molar-refractivity contribution in [2.45, 2.75) is 47.1 Å². The van der Waals surface area contributed by atoms with Gasteiger partial charge in [-0.05, 0) is 56.2 Å². The van der Waals surface area contributed by atoms with Crippen LogP contribution in [0.3, 0.4) is 0 Å². The number of hydrogen-bond donors (Lipinski definition) is 4. The van der Waals surface area contributed by atoms with Crippen molar-refractivity contribution in [3.63, 3.8) is 0 Å². The first kappa shape index (κ1) is 28.5. The molecule has 0 saturated heterocycles.